The molecule has 27 heavy (non-hydrogen) atoms. The third-order valence-corrected chi connectivity index (χ3v) is 5.04. The largest absolute Gasteiger partial charge is 0.482 e. The molecule has 0 saturated heterocycles. The molecular weight excluding hydrogens is 365 g/mol. The molecule has 134 valence electrons. The van der Waals surface area contributed by atoms with Gasteiger partial charge in [-0.2, -0.15) is 0 Å². The van der Waals surface area contributed by atoms with E-state index in [9.17, 15) is 14.0 Å². The summed E-state index contributed by atoms with van der Waals surface area (Å²) in [6, 6.07) is 13.6. The summed E-state index contributed by atoms with van der Waals surface area (Å²) in [6.45, 7) is -0.0407. The highest BCUT2D eigenvalue weighted by atomic mass is 32.1. The molecule has 0 aliphatic carbocycles. The van der Waals surface area contributed by atoms with Crippen molar-refractivity contribution in [1.29, 1.82) is 0 Å². The Balaban J connectivity index is 1.54. The Bertz CT molecular complexity index is 1060. The number of fused-ring (bicyclic) bond motifs is 1. The van der Waals surface area contributed by atoms with Gasteiger partial charge in [-0.3, -0.25) is 9.59 Å². The van der Waals surface area contributed by atoms with Crippen molar-refractivity contribution in [2.45, 2.75) is 0 Å². The highest BCUT2D eigenvalue weighted by Gasteiger charge is 2.17. The molecule has 1 amide bonds. The Hall–Kier alpha value is -3.25. The number of hydrogen-bond donors (Lipinski definition) is 1. The van der Waals surface area contributed by atoms with Crippen LogP contribution in [0.3, 0.4) is 0 Å². The van der Waals surface area contributed by atoms with Gasteiger partial charge in [-0.25, -0.2) is 4.39 Å². The quantitative estimate of drug-likeness (QED) is 0.524. The number of allylic oxidation sites excluding steroid dienone is 1. The van der Waals surface area contributed by atoms with E-state index < -0.39 is 5.82 Å². The fourth-order valence-corrected chi connectivity index (χ4v) is 3.48. The number of rotatable bonds is 4. The number of carbonyl (C=O) groups excluding carboxylic acids is 2. The fourth-order valence-electron chi connectivity index (χ4n) is 2.76. The van der Waals surface area contributed by atoms with Crippen LogP contribution in [0, 0.1) is 5.82 Å². The molecule has 4 nitrogen and oxygen atoms in total. The van der Waals surface area contributed by atoms with Crippen molar-refractivity contribution in [3.63, 3.8) is 0 Å². The number of benzene rings is 2. The van der Waals surface area contributed by atoms with Gasteiger partial charge in [0.1, 0.15) is 11.6 Å². The highest BCUT2D eigenvalue weighted by molar-refractivity contribution is 7.13. The molecule has 0 atom stereocenters. The number of thiophene rings is 1. The zero-order valence-corrected chi connectivity index (χ0v) is 14.9. The average Bonchev–Trinajstić information content (AvgIpc) is 3.21. The molecule has 0 unspecified atom stereocenters. The molecule has 0 fully saturated rings. The predicted octanol–water partition coefficient (Wildman–Crippen LogP) is 4.78. The van der Waals surface area contributed by atoms with Gasteiger partial charge in [-0.05, 0) is 53.4 Å². The van der Waals surface area contributed by atoms with Crippen molar-refractivity contribution < 1.29 is 18.7 Å². The predicted molar refractivity (Wildman–Crippen MR) is 104 cm³/mol. The third kappa shape index (κ3) is 3.66. The van der Waals surface area contributed by atoms with E-state index >= 15 is 0 Å². The van der Waals surface area contributed by atoms with Crippen LogP contribution in [0.25, 0.3) is 16.5 Å². The maximum atomic E-state index is 14.3. The summed E-state index contributed by atoms with van der Waals surface area (Å²) < 4.78 is 19.6. The maximum absolute atomic E-state index is 14.3. The molecule has 1 aromatic heterocycles. The minimum absolute atomic E-state index is 0.0407. The van der Waals surface area contributed by atoms with Crippen molar-refractivity contribution in [3.8, 4) is 16.2 Å². The van der Waals surface area contributed by atoms with Crippen LogP contribution in [0.2, 0.25) is 0 Å². The van der Waals surface area contributed by atoms with E-state index in [0.29, 0.717) is 22.6 Å². The van der Waals surface area contributed by atoms with Crippen molar-refractivity contribution in [2.24, 2.45) is 0 Å². The molecule has 4 rings (SSSR count). The number of carbonyl (C=O) groups is 2. The second-order valence-electron chi connectivity index (χ2n) is 5.96. The second-order valence-corrected chi connectivity index (χ2v) is 6.91. The first-order chi connectivity index (χ1) is 13.1. The molecule has 0 radical (unpaired) electrons. The summed E-state index contributed by atoms with van der Waals surface area (Å²) in [5, 5.41) is 4.59. The van der Waals surface area contributed by atoms with E-state index in [1.807, 2.05) is 23.6 Å². The summed E-state index contributed by atoms with van der Waals surface area (Å²) in [4.78, 5) is 24.8. The van der Waals surface area contributed by atoms with Crippen LogP contribution in [-0.2, 0) is 4.79 Å². The highest BCUT2D eigenvalue weighted by Crippen LogP contribution is 2.29. The number of hydrogen-bond acceptors (Lipinski definition) is 4. The molecule has 0 saturated carbocycles. The van der Waals surface area contributed by atoms with Gasteiger partial charge >= 0.3 is 0 Å². The van der Waals surface area contributed by atoms with Crippen LogP contribution in [0.15, 0.2) is 60.0 Å². The second kappa shape index (κ2) is 7.17. The number of nitrogens with one attached hydrogen (secondary N) is 1. The van der Waals surface area contributed by atoms with Crippen molar-refractivity contribution in [3.05, 3.63) is 76.9 Å². The summed E-state index contributed by atoms with van der Waals surface area (Å²) in [5.41, 5.74) is 1.97. The fraction of sp³-hybridized carbons (Fsp3) is 0.0476. The Kier molecular flexibility index (Phi) is 4.56. The molecule has 2 heterocycles. The lowest BCUT2D eigenvalue weighted by Crippen LogP contribution is -2.25. The van der Waals surface area contributed by atoms with Gasteiger partial charge in [0.05, 0.1) is 5.69 Å². The Morgan fingerprint density at radius 1 is 1.19 bits per heavy atom. The Labute approximate surface area is 158 Å². The number of amides is 1. The van der Waals surface area contributed by atoms with Crippen molar-refractivity contribution in [2.75, 3.05) is 11.9 Å². The van der Waals surface area contributed by atoms with Gasteiger partial charge in [-0.15, -0.1) is 11.3 Å². The van der Waals surface area contributed by atoms with Gasteiger partial charge < -0.3 is 10.1 Å². The molecule has 1 N–H and O–H groups in total. The van der Waals surface area contributed by atoms with Crippen LogP contribution >= 0.6 is 11.3 Å². The van der Waals surface area contributed by atoms with Crippen LogP contribution in [0.5, 0.6) is 5.75 Å². The summed E-state index contributed by atoms with van der Waals surface area (Å²) in [7, 11) is 0. The number of anilines is 1. The maximum Gasteiger partial charge on any atom is 0.262 e. The minimum atomic E-state index is -0.393. The first-order valence-electron chi connectivity index (χ1n) is 8.23. The van der Waals surface area contributed by atoms with Crippen LogP contribution in [0.1, 0.15) is 15.9 Å². The SMILES string of the molecule is O=C1COc2ccc(C(=O)/C=C/c3ccc(-c4cccs4)cc3F)cc2N1. The smallest absolute Gasteiger partial charge is 0.262 e. The summed E-state index contributed by atoms with van der Waals surface area (Å²) >= 11 is 1.54. The van der Waals surface area contributed by atoms with Crippen LogP contribution < -0.4 is 10.1 Å². The number of halogens is 1. The van der Waals surface area contributed by atoms with Gasteiger partial charge in [-0.1, -0.05) is 18.2 Å². The van der Waals surface area contributed by atoms with E-state index in [4.69, 9.17) is 4.74 Å². The van der Waals surface area contributed by atoms with Gasteiger partial charge in [0.2, 0.25) is 0 Å². The van der Waals surface area contributed by atoms with E-state index in [1.54, 1.807) is 24.3 Å². The monoisotopic (exact) mass is 379 g/mol. The van der Waals surface area contributed by atoms with Crippen molar-refractivity contribution >= 4 is 34.8 Å². The van der Waals surface area contributed by atoms with E-state index in [1.165, 1.54) is 29.6 Å². The molecule has 0 bridgehead atoms. The lowest BCUT2D eigenvalue weighted by atomic mass is 10.1. The Morgan fingerprint density at radius 2 is 2.07 bits per heavy atom. The molecule has 1 aliphatic heterocycles. The van der Waals surface area contributed by atoms with E-state index in [0.717, 1.165) is 10.4 Å². The zero-order valence-electron chi connectivity index (χ0n) is 14.1. The molecule has 2 aromatic carbocycles. The standard InChI is InChI=1S/C21H14FNO3S/c22-16-10-15(20-2-1-9-27-20)4-3-13(16)5-7-18(24)14-6-8-19-17(11-14)23-21(25)12-26-19/h1-11H,12H2,(H,23,25)/b7-5+. The molecule has 3 aromatic rings. The molecule has 1 aliphatic rings. The van der Waals surface area contributed by atoms with Crippen molar-refractivity contribution in [1.82, 2.24) is 0 Å². The lowest BCUT2D eigenvalue weighted by molar-refractivity contribution is -0.118. The summed E-state index contributed by atoms with van der Waals surface area (Å²) in [5.74, 6) is -0.434. The van der Waals surface area contributed by atoms with Crippen LogP contribution in [0.4, 0.5) is 10.1 Å². The first-order valence-corrected chi connectivity index (χ1v) is 9.11. The minimum Gasteiger partial charge on any atom is -0.482 e. The third-order valence-electron chi connectivity index (χ3n) is 4.12. The lowest BCUT2D eigenvalue weighted by Gasteiger charge is -2.17. The number of ether oxygens (including phenoxy) is 1. The van der Waals surface area contributed by atoms with Crippen LogP contribution in [-0.4, -0.2) is 18.3 Å². The zero-order chi connectivity index (χ0) is 18.8. The molecule has 0 spiro atoms. The average molecular weight is 379 g/mol. The number of ketones is 1. The van der Waals surface area contributed by atoms with Gasteiger partial charge in [0.15, 0.2) is 12.4 Å². The first kappa shape index (κ1) is 17.2. The normalized spacial score (nSPS) is 13.1. The molecule has 6 heteroatoms. The Morgan fingerprint density at radius 3 is 2.85 bits per heavy atom. The molecular formula is C21H14FNO3S. The van der Waals surface area contributed by atoms with E-state index in [2.05, 4.69) is 5.32 Å². The van der Waals surface area contributed by atoms with Gasteiger partial charge in [0, 0.05) is 16.0 Å². The van der Waals surface area contributed by atoms with Gasteiger partial charge in [0.25, 0.3) is 5.91 Å². The topological polar surface area (TPSA) is 55.4 Å². The van der Waals surface area contributed by atoms with E-state index in [-0.39, 0.29) is 18.3 Å². The summed E-state index contributed by atoms with van der Waals surface area (Å²) in [6.07, 6.45) is 2.76.